The molecule has 4 N–H and O–H groups in total. The van der Waals surface area contributed by atoms with Gasteiger partial charge in [0, 0.05) is 23.2 Å². The second kappa shape index (κ2) is 5.45. The van der Waals surface area contributed by atoms with E-state index in [4.69, 9.17) is 5.73 Å². The molecule has 0 unspecified atom stereocenters. The van der Waals surface area contributed by atoms with Gasteiger partial charge in [0.25, 0.3) is 10.2 Å². The number of hydrogen-bond donors (Lipinski definition) is 3. The highest BCUT2D eigenvalue weighted by atomic mass is 79.9. The second-order valence-electron chi connectivity index (χ2n) is 2.80. The van der Waals surface area contributed by atoms with Gasteiger partial charge in [0.05, 0.1) is 0 Å². The molecule has 1 aromatic rings. The Bertz CT molecular complexity index is 404. The van der Waals surface area contributed by atoms with Crippen molar-refractivity contribution in [3.63, 3.8) is 0 Å². The van der Waals surface area contributed by atoms with Gasteiger partial charge in [-0.25, -0.2) is 0 Å². The Morgan fingerprint density at radius 2 is 1.87 bits per heavy atom. The highest BCUT2D eigenvalue weighted by molar-refractivity contribution is 9.10. The van der Waals surface area contributed by atoms with Crippen molar-refractivity contribution in [3.05, 3.63) is 28.7 Å². The first kappa shape index (κ1) is 12.4. The third kappa shape index (κ3) is 4.61. The summed E-state index contributed by atoms with van der Waals surface area (Å²) in [5.74, 6) is 0. The van der Waals surface area contributed by atoms with Crippen LogP contribution in [-0.2, 0) is 10.2 Å². The zero-order valence-electron chi connectivity index (χ0n) is 7.90. The molecule has 1 rings (SSSR count). The lowest BCUT2D eigenvalue weighted by molar-refractivity contribution is 0.587. The lowest BCUT2D eigenvalue weighted by Gasteiger charge is -2.08. The first-order valence-electron chi connectivity index (χ1n) is 4.26. The van der Waals surface area contributed by atoms with E-state index in [1.54, 1.807) is 24.3 Å². The summed E-state index contributed by atoms with van der Waals surface area (Å²) in [6.07, 6.45) is 0. The Hall–Kier alpha value is -0.630. The fraction of sp³-hybridized carbons (Fsp3) is 0.250. The molecule has 0 aromatic heterocycles. The zero-order chi connectivity index (χ0) is 11.3. The molecule has 0 fully saturated rings. The topological polar surface area (TPSA) is 84.2 Å². The fourth-order valence-electron chi connectivity index (χ4n) is 0.902. The molecule has 0 amide bonds. The van der Waals surface area contributed by atoms with Crippen LogP contribution in [0.4, 0.5) is 5.69 Å². The van der Waals surface area contributed by atoms with E-state index in [2.05, 4.69) is 25.4 Å². The third-order valence-electron chi connectivity index (χ3n) is 1.53. The van der Waals surface area contributed by atoms with Crippen molar-refractivity contribution in [1.29, 1.82) is 0 Å². The molecule has 0 radical (unpaired) electrons. The number of anilines is 1. The minimum atomic E-state index is -3.50. The van der Waals surface area contributed by atoms with Gasteiger partial charge < -0.3 is 5.73 Å². The van der Waals surface area contributed by atoms with Crippen LogP contribution in [0, 0.1) is 0 Å². The van der Waals surface area contributed by atoms with Crippen LogP contribution in [0.25, 0.3) is 0 Å². The molecule has 0 aliphatic carbocycles. The number of nitrogens with two attached hydrogens (primary N) is 1. The van der Waals surface area contributed by atoms with Gasteiger partial charge in [-0.1, -0.05) is 15.9 Å². The van der Waals surface area contributed by atoms with Crippen LogP contribution in [0.3, 0.4) is 0 Å². The number of nitrogens with one attached hydrogen (secondary N) is 2. The maximum atomic E-state index is 11.4. The van der Waals surface area contributed by atoms with Gasteiger partial charge in [-0.15, -0.1) is 0 Å². The van der Waals surface area contributed by atoms with E-state index in [9.17, 15) is 8.42 Å². The van der Waals surface area contributed by atoms with Gasteiger partial charge in [-0.2, -0.15) is 13.1 Å². The highest BCUT2D eigenvalue weighted by Crippen LogP contribution is 2.14. The first-order valence-corrected chi connectivity index (χ1v) is 6.54. The first-order chi connectivity index (χ1) is 7.03. The van der Waals surface area contributed by atoms with Crippen LogP contribution < -0.4 is 15.2 Å². The summed E-state index contributed by atoms with van der Waals surface area (Å²) in [4.78, 5) is 0. The summed E-state index contributed by atoms with van der Waals surface area (Å²) in [5, 5.41) is 0. The maximum absolute atomic E-state index is 11.4. The summed E-state index contributed by atoms with van der Waals surface area (Å²) >= 11 is 3.26. The SMILES string of the molecule is NCCNS(=O)(=O)Nc1ccc(Br)cc1. The van der Waals surface area contributed by atoms with Gasteiger partial charge >= 0.3 is 0 Å². The number of halogens is 1. The molecular weight excluding hydrogens is 282 g/mol. The van der Waals surface area contributed by atoms with E-state index in [1.165, 1.54) is 0 Å². The van der Waals surface area contributed by atoms with E-state index >= 15 is 0 Å². The number of benzene rings is 1. The second-order valence-corrected chi connectivity index (χ2v) is 5.21. The molecular formula is C8H12BrN3O2S. The molecule has 0 atom stereocenters. The largest absolute Gasteiger partial charge is 0.329 e. The van der Waals surface area contributed by atoms with Crippen LogP contribution in [0.2, 0.25) is 0 Å². The molecule has 0 heterocycles. The minimum Gasteiger partial charge on any atom is -0.329 e. The minimum absolute atomic E-state index is 0.214. The molecule has 1 aromatic carbocycles. The third-order valence-corrected chi connectivity index (χ3v) is 3.15. The molecule has 5 nitrogen and oxygen atoms in total. The van der Waals surface area contributed by atoms with E-state index in [0.29, 0.717) is 5.69 Å². The van der Waals surface area contributed by atoms with Gasteiger partial charge in [0.15, 0.2) is 0 Å². The number of hydrogen-bond acceptors (Lipinski definition) is 3. The van der Waals surface area contributed by atoms with Crippen LogP contribution in [-0.4, -0.2) is 21.5 Å². The summed E-state index contributed by atoms with van der Waals surface area (Å²) in [7, 11) is -3.50. The summed E-state index contributed by atoms with van der Waals surface area (Å²) in [6, 6.07) is 6.82. The van der Waals surface area contributed by atoms with Crippen LogP contribution in [0.1, 0.15) is 0 Å². The normalized spacial score (nSPS) is 11.3. The van der Waals surface area contributed by atoms with Crippen LogP contribution in [0.15, 0.2) is 28.7 Å². The van der Waals surface area contributed by atoms with Crippen molar-refractivity contribution >= 4 is 31.8 Å². The van der Waals surface area contributed by atoms with E-state index in [-0.39, 0.29) is 13.1 Å². The predicted octanol–water partition coefficient (Wildman–Crippen LogP) is 0.654. The molecule has 0 saturated carbocycles. The Morgan fingerprint density at radius 3 is 2.40 bits per heavy atom. The molecule has 0 saturated heterocycles. The van der Waals surface area contributed by atoms with Crippen molar-refractivity contribution in [3.8, 4) is 0 Å². The fourth-order valence-corrected chi connectivity index (χ4v) is 2.07. The molecule has 0 aliphatic rings. The molecule has 0 aliphatic heterocycles. The molecule has 7 heteroatoms. The predicted molar refractivity (Wildman–Crippen MR) is 63.7 cm³/mol. The lowest BCUT2D eigenvalue weighted by atomic mass is 10.3. The van der Waals surface area contributed by atoms with Crippen LogP contribution >= 0.6 is 15.9 Å². The maximum Gasteiger partial charge on any atom is 0.299 e. The van der Waals surface area contributed by atoms with E-state index in [0.717, 1.165) is 4.47 Å². The van der Waals surface area contributed by atoms with Crippen molar-refractivity contribution in [2.24, 2.45) is 5.73 Å². The summed E-state index contributed by atoms with van der Waals surface area (Å²) in [6.45, 7) is 0.479. The molecule has 0 bridgehead atoms. The van der Waals surface area contributed by atoms with E-state index in [1.807, 2.05) is 0 Å². The Balaban J connectivity index is 2.65. The van der Waals surface area contributed by atoms with Crippen molar-refractivity contribution < 1.29 is 8.42 Å². The highest BCUT2D eigenvalue weighted by Gasteiger charge is 2.07. The van der Waals surface area contributed by atoms with Gasteiger partial charge in [-0.05, 0) is 24.3 Å². The van der Waals surface area contributed by atoms with Gasteiger partial charge in [-0.3, -0.25) is 4.72 Å². The van der Waals surface area contributed by atoms with E-state index < -0.39 is 10.2 Å². The average molecular weight is 294 g/mol. The zero-order valence-corrected chi connectivity index (χ0v) is 10.3. The smallest absolute Gasteiger partial charge is 0.299 e. The molecule has 84 valence electrons. The van der Waals surface area contributed by atoms with Crippen molar-refractivity contribution in [1.82, 2.24) is 4.72 Å². The lowest BCUT2D eigenvalue weighted by Crippen LogP contribution is -2.33. The standard InChI is InChI=1S/C8H12BrN3O2S/c9-7-1-3-8(4-2-7)12-15(13,14)11-6-5-10/h1-4,11-12H,5-6,10H2. The van der Waals surface area contributed by atoms with Gasteiger partial charge in [0.2, 0.25) is 0 Å². The Kier molecular flexibility index (Phi) is 4.52. The van der Waals surface area contributed by atoms with Gasteiger partial charge in [0.1, 0.15) is 0 Å². The number of rotatable bonds is 5. The average Bonchev–Trinajstić information content (AvgIpc) is 2.18. The Labute approximate surface area is 97.4 Å². The monoisotopic (exact) mass is 293 g/mol. The Morgan fingerprint density at radius 1 is 1.27 bits per heavy atom. The molecule has 0 spiro atoms. The van der Waals surface area contributed by atoms with Crippen LogP contribution in [0.5, 0.6) is 0 Å². The molecule has 15 heavy (non-hydrogen) atoms. The van der Waals surface area contributed by atoms with Crippen molar-refractivity contribution in [2.75, 3.05) is 17.8 Å². The summed E-state index contributed by atoms with van der Waals surface area (Å²) < 4.78 is 28.3. The summed E-state index contributed by atoms with van der Waals surface area (Å²) in [5.41, 5.74) is 5.69. The quantitative estimate of drug-likeness (QED) is 0.745. The van der Waals surface area contributed by atoms with Crippen molar-refractivity contribution in [2.45, 2.75) is 0 Å².